The molecule has 53 heavy (non-hydrogen) atoms. The number of methoxy groups -OCH3 is 1. The summed E-state index contributed by atoms with van der Waals surface area (Å²) in [6.07, 6.45) is 9.28. The van der Waals surface area contributed by atoms with Crippen LogP contribution in [0.15, 0.2) is 48.9 Å². The summed E-state index contributed by atoms with van der Waals surface area (Å²) in [5.74, 6) is 2.67. The summed E-state index contributed by atoms with van der Waals surface area (Å²) >= 11 is 0. The lowest BCUT2D eigenvalue weighted by Gasteiger charge is -2.39. The number of carbonyl (C=O) groups excluding carboxylic acids is 2. The molecule has 2 saturated carbocycles. The summed E-state index contributed by atoms with van der Waals surface area (Å²) in [7, 11) is 1.64. The Hall–Kier alpha value is -5.08. The Bertz CT molecular complexity index is 2210. The number of aliphatic hydroxyl groups is 1. The van der Waals surface area contributed by atoms with Gasteiger partial charge in [0.05, 0.1) is 29.5 Å². The first-order valence-corrected chi connectivity index (χ1v) is 18.7. The average Bonchev–Trinajstić information content (AvgIpc) is 3.49. The minimum atomic E-state index is -0.915. The molecule has 0 spiro atoms. The van der Waals surface area contributed by atoms with Gasteiger partial charge in [0, 0.05) is 86.8 Å². The number of hydrogen-bond donors (Lipinski definition) is 3. The lowest BCUT2D eigenvalue weighted by molar-refractivity contribution is 0.0470. The SMILES string of the molecule is COc1cc(C(=O)N2CC3CCC2[C@@H]3N)cc2nc(-c3cc4cccnc4n3CC3CC3)n(CC3CN(C(=O)c4cnc(NCC(C)(C)O)nc4)C3)c12. The molecule has 3 atom stereocenters. The van der Waals surface area contributed by atoms with Gasteiger partial charge < -0.3 is 39.8 Å². The average molecular weight is 719 g/mol. The number of aromatic nitrogens is 6. The Morgan fingerprint density at radius 2 is 1.74 bits per heavy atom. The zero-order valence-corrected chi connectivity index (χ0v) is 30.4. The molecule has 276 valence electrons. The standard InChI is InChI=1S/C39H46N10O4/c1-39(2,52)21-44-38-42-14-27(15-43-38)36(50)46-16-23(17-46)19-49-33-28(11-26(13-31(33)53-3)37(51)48-20-25-8-9-29(48)32(25)40)45-35(49)30-12-24-5-4-10-41-34(24)47(30)18-22-6-7-22/h4-5,10-15,22-23,25,29,32,52H,6-9,16-21,40H2,1-3H3,(H,42,43,44)/t25?,29?,32-/m1/s1. The molecule has 4 fully saturated rings. The Balaban J connectivity index is 1.04. The van der Waals surface area contributed by atoms with E-state index in [2.05, 4.69) is 36.6 Å². The first-order chi connectivity index (χ1) is 25.5. The van der Waals surface area contributed by atoms with Gasteiger partial charge in [-0.25, -0.2) is 19.9 Å². The first kappa shape index (κ1) is 33.7. The van der Waals surface area contributed by atoms with Crippen molar-refractivity contribution in [3.8, 4) is 17.3 Å². The van der Waals surface area contributed by atoms with Crippen LogP contribution < -0.4 is 15.8 Å². The maximum absolute atomic E-state index is 14.0. The van der Waals surface area contributed by atoms with E-state index in [9.17, 15) is 14.7 Å². The van der Waals surface area contributed by atoms with Crippen LogP contribution in [-0.2, 0) is 13.1 Å². The summed E-state index contributed by atoms with van der Waals surface area (Å²) < 4.78 is 10.5. The van der Waals surface area contributed by atoms with Gasteiger partial charge in [-0.1, -0.05) is 0 Å². The minimum Gasteiger partial charge on any atom is -0.494 e. The number of benzene rings is 1. The van der Waals surface area contributed by atoms with E-state index < -0.39 is 5.60 Å². The van der Waals surface area contributed by atoms with E-state index in [-0.39, 0.29) is 36.4 Å². The number of fused-ring (bicyclic) bond motifs is 4. The number of anilines is 1. The van der Waals surface area contributed by atoms with Crippen LogP contribution in [0.4, 0.5) is 5.95 Å². The number of piperidine rings is 1. The Labute approximate surface area is 307 Å². The van der Waals surface area contributed by atoms with E-state index in [1.807, 2.05) is 34.2 Å². The van der Waals surface area contributed by atoms with Crippen LogP contribution in [0, 0.1) is 17.8 Å². The third-order valence-corrected chi connectivity index (χ3v) is 11.5. The molecule has 2 aliphatic carbocycles. The van der Waals surface area contributed by atoms with Crippen molar-refractivity contribution >= 4 is 39.8 Å². The Morgan fingerprint density at radius 3 is 2.42 bits per heavy atom. The van der Waals surface area contributed by atoms with Crippen molar-refractivity contribution in [1.82, 2.24) is 38.9 Å². The van der Waals surface area contributed by atoms with E-state index in [0.717, 1.165) is 47.5 Å². The number of hydrogen-bond acceptors (Lipinski definition) is 10. The van der Waals surface area contributed by atoms with E-state index >= 15 is 0 Å². The predicted molar refractivity (Wildman–Crippen MR) is 199 cm³/mol. The van der Waals surface area contributed by atoms with Gasteiger partial charge in [0.25, 0.3) is 11.8 Å². The van der Waals surface area contributed by atoms with Crippen molar-refractivity contribution < 1.29 is 19.4 Å². The summed E-state index contributed by atoms with van der Waals surface area (Å²) in [5, 5.41) is 14.0. The molecule has 4 aromatic heterocycles. The normalized spacial score (nSPS) is 21.5. The molecule has 2 saturated heterocycles. The van der Waals surface area contributed by atoms with Gasteiger partial charge in [-0.3, -0.25) is 9.59 Å². The van der Waals surface area contributed by atoms with Gasteiger partial charge in [0.1, 0.15) is 16.9 Å². The highest BCUT2D eigenvalue weighted by Crippen LogP contribution is 2.41. The molecule has 2 amide bonds. The Kier molecular flexibility index (Phi) is 8.15. The van der Waals surface area contributed by atoms with Crippen molar-refractivity contribution in [1.29, 1.82) is 0 Å². The fourth-order valence-corrected chi connectivity index (χ4v) is 8.46. The number of nitrogens with one attached hydrogen (secondary N) is 1. The molecule has 2 unspecified atom stereocenters. The van der Waals surface area contributed by atoms with Crippen molar-refractivity contribution in [2.24, 2.45) is 23.5 Å². The van der Waals surface area contributed by atoms with Crippen LogP contribution in [-0.4, -0.2) is 107 Å². The summed E-state index contributed by atoms with van der Waals surface area (Å²) in [6.45, 7) is 6.93. The van der Waals surface area contributed by atoms with E-state index in [1.165, 1.54) is 25.2 Å². The molecular formula is C39H46N10O4. The molecule has 5 aromatic rings. The topological polar surface area (TPSA) is 170 Å². The van der Waals surface area contributed by atoms with E-state index in [0.29, 0.717) is 66.4 Å². The molecule has 0 radical (unpaired) electrons. The van der Waals surface area contributed by atoms with Crippen LogP contribution in [0.1, 0.15) is 60.2 Å². The van der Waals surface area contributed by atoms with Gasteiger partial charge >= 0.3 is 0 Å². The van der Waals surface area contributed by atoms with Crippen LogP contribution in [0.3, 0.4) is 0 Å². The zero-order valence-electron chi connectivity index (χ0n) is 30.4. The van der Waals surface area contributed by atoms with Crippen molar-refractivity contribution in [2.45, 2.75) is 70.3 Å². The number of likely N-dealkylation sites (tertiary alicyclic amines) is 2. The number of amides is 2. The largest absolute Gasteiger partial charge is 0.494 e. The Morgan fingerprint density at radius 1 is 0.962 bits per heavy atom. The van der Waals surface area contributed by atoms with Gasteiger partial charge in [0.2, 0.25) is 5.95 Å². The van der Waals surface area contributed by atoms with Crippen molar-refractivity contribution in [3.63, 3.8) is 0 Å². The molecular weight excluding hydrogens is 672 g/mol. The summed E-state index contributed by atoms with van der Waals surface area (Å²) in [5.41, 5.74) is 9.95. The summed E-state index contributed by atoms with van der Waals surface area (Å²) in [6, 6.07) is 10.1. The molecule has 14 heteroatoms. The van der Waals surface area contributed by atoms with Crippen molar-refractivity contribution in [3.05, 3.63) is 60.0 Å². The highest BCUT2D eigenvalue weighted by atomic mass is 16.5. The van der Waals surface area contributed by atoms with Gasteiger partial charge in [0.15, 0.2) is 5.82 Å². The molecule has 9 rings (SSSR count). The fraction of sp³-hybridized carbons (Fsp3) is 0.487. The monoisotopic (exact) mass is 718 g/mol. The lowest BCUT2D eigenvalue weighted by Crippen LogP contribution is -2.51. The number of carbonyl (C=O) groups is 2. The van der Waals surface area contributed by atoms with E-state index in [1.54, 1.807) is 21.0 Å². The van der Waals surface area contributed by atoms with Gasteiger partial charge in [-0.15, -0.1) is 0 Å². The number of nitrogens with two attached hydrogens (primary N) is 1. The van der Waals surface area contributed by atoms with Crippen LogP contribution in [0.2, 0.25) is 0 Å². The molecule has 6 heterocycles. The van der Waals surface area contributed by atoms with Gasteiger partial charge in [-0.2, -0.15) is 0 Å². The molecule has 2 aliphatic heterocycles. The van der Waals surface area contributed by atoms with Crippen LogP contribution in [0.5, 0.6) is 5.75 Å². The number of rotatable bonds is 11. The summed E-state index contributed by atoms with van der Waals surface area (Å²) in [4.78, 5) is 49.8. The molecule has 4 N–H and O–H groups in total. The second-order valence-electron chi connectivity index (χ2n) is 16.1. The number of nitrogens with zero attached hydrogens (tertiary/aromatic N) is 8. The van der Waals surface area contributed by atoms with Crippen LogP contribution in [0.25, 0.3) is 33.6 Å². The lowest BCUT2D eigenvalue weighted by atomic mass is 9.98. The molecule has 2 bridgehead atoms. The third kappa shape index (κ3) is 6.17. The van der Waals surface area contributed by atoms with Gasteiger partial charge in [-0.05, 0) is 81.7 Å². The van der Waals surface area contributed by atoms with Crippen molar-refractivity contribution in [2.75, 3.05) is 38.6 Å². The number of imidazole rings is 1. The van der Waals surface area contributed by atoms with Crippen LogP contribution >= 0.6 is 0 Å². The maximum atomic E-state index is 14.0. The molecule has 1 aromatic carbocycles. The fourth-order valence-electron chi connectivity index (χ4n) is 8.46. The minimum absolute atomic E-state index is 0.0275. The molecule has 4 aliphatic rings. The van der Waals surface area contributed by atoms with E-state index in [4.69, 9.17) is 20.4 Å². The first-order valence-electron chi connectivity index (χ1n) is 18.7. The quantitative estimate of drug-likeness (QED) is 0.183. The molecule has 14 nitrogen and oxygen atoms in total. The maximum Gasteiger partial charge on any atom is 0.257 e. The third-order valence-electron chi connectivity index (χ3n) is 11.5. The highest BCUT2D eigenvalue weighted by molar-refractivity contribution is 6.00. The zero-order chi connectivity index (χ0) is 36.6. The second-order valence-corrected chi connectivity index (χ2v) is 16.1. The number of ether oxygens (including phenoxy) is 1. The highest BCUT2D eigenvalue weighted by Gasteiger charge is 2.47. The predicted octanol–water partition coefficient (Wildman–Crippen LogP) is 3.78. The second kappa shape index (κ2) is 12.8. The smallest absolute Gasteiger partial charge is 0.257 e. The number of pyridine rings is 1.